The largest absolute Gasteiger partial charge is 0.352 e. The van der Waals surface area contributed by atoms with Gasteiger partial charge in [0, 0.05) is 6.04 Å². The van der Waals surface area contributed by atoms with Crippen molar-refractivity contribution < 1.29 is 4.79 Å². The monoisotopic (exact) mass is 184 g/mol. The van der Waals surface area contributed by atoms with Crippen LogP contribution in [0.2, 0.25) is 0 Å². The number of carbonyl (C=O) groups excluding carboxylic acids is 1. The van der Waals surface area contributed by atoms with Crippen molar-refractivity contribution in [3.05, 3.63) is 0 Å². The minimum absolute atomic E-state index is 0.0122. The molecule has 0 bridgehead atoms. The molecule has 3 atom stereocenters. The van der Waals surface area contributed by atoms with Gasteiger partial charge in [0.2, 0.25) is 5.91 Å². The second-order valence-electron chi connectivity index (χ2n) is 5.17. The predicted octanol–water partition coefficient (Wildman–Crippen LogP) is 0.884. The van der Waals surface area contributed by atoms with Gasteiger partial charge in [0.15, 0.2) is 0 Å². The lowest BCUT2D eigenvalue weighted by Crippen LogP contribution is -2.49. The Bertz CT molecular complexity index is 207. The second kappa shape index (κ2) is 3.29. The van der Waals surface area contributed by atoms with E-state index < -0.39 is 6.04 Å². The molecule has 0 saturated heterocycles. The molecule has 3 heteroatoms. The van der Waals surface area contributed by atoms with Gasteiger partial charge in [-0.05, 0) is 17.8 Å². The van der Waals surface area contributed by atoms with Crippen LogP contribution in [0.5, 0.6) is 0 Å². The molecule has 3 nitrogen and oxygen atoms in total. The second-order valence-corrected chi connectivity index (χ2v) is 5.17. The van der Waals surface area contributed by atoms with Crippen LogP contribution >= 0.6 is 0 Å². The zero-order valence-corrected chi connectivity index (χ0v) is 8.92. The summed E-state index contributed by atoms with van der Waals surface area (Å²) in [7, 11) is 0. The molecule has 0 heterocycles. The minimum Gasteiger partial charge on any atom is -0.352 e. The van der Waals surface area contributed by atoms with E-state index in [0.29, 0.717) is 12.0 Å². The van der Waals surface area contributed by atoms with Gasteiger partial charge < -0.3 is 11.1 Å². The topological polar surface area (TPSA) is 55.1 Å². The Balaban J connectivity index is 2.39. The summed E-state index contributed by atoms with van der Waals surface area (Å²) in [6.45, 7) is 8.07. The van der Waals surface area contributed by atoms with E-state index in [2.05, 4.69) is 12.2 Å². The highest BCUT2D eigenvalue weighted by Crippen LogP contribution is 2.29. The van der Waals surface area contributed by atoms with E-state index in [9.17, 15) is 4.79 Å². The van der Waals surface area contributed by atoms with E-state index in [-0.39, 0.29) is 11.3 Å². The molecule has 1 fully saturated rings. The Labute approximate surface area is 80.1 Å². The number of hydrogen-bond acceptors (Lipinski definition) is 2. The Morgan fingerprint density at radius 3 is 2.31 bits per heavy atom. The summed E-state index contributed by atoms with van der Waals surface area (Å²) < 4.78 is 0. The number of nitrogens with one attached hydrogen (secondary N) is 1. The molecule has 13 heavy (non-hydrogen) atoms. The lowest BCUT2D eigenvalue weighted by molar-refractivity contribution is -0.124. The molecule has 1 rings (SSSR count). The smallest absolute Gasteiger partial charge is 0.237 e. The first-order chi connectivity index (χ1) is 5.82. The van der Waals surface area contributed by atoms with Gasteiger partial charge in [0.05, 0.1) is 6.04 Å². The normalized spacial score (nSPS) is 29.6. The first-order valence-electron chi connectivity index (χ1n) is 4.88. The van der Waals surface area contributed by atoms with Gasteiger partial charge >= 0.3 is 0 Å². The van der Waals surface area contributed by atoms with Crippen molar-refractivity contribution in [2.45, 2.75) is 46.2 Å². The van der Waals surface area contributed by atoms with Crippen molar-refractivity contribution in [2.24, 2.45) is 17.1 Å². The maximum atomic E-state index is 11.5. The van der Waals surface area contributed by atoms with E-state index >= 15 is 0 Å². The van der Waals surface area contributed by atoms with E-state index in [0.717, 1.165) is 6.42 Å². The summed E-state index contributed by atoms with van der Waals surface area (Å²) in [6.07, 6.45) is 1.10. The summed E-state index contributed by atoms with van der Waals surface area (Å²) in [5, 5.41) is 2.95. The van der Waals surface area contributed by atoms with Crippen LogP contribution in [0.1, 0.15) is 34.1 Å². The molecule has 0 radical (unpaired) electrons. The zero-order valence-electron chi connectivity index (χ0n) is 8.92. The zero-order chi connectivity index (χ0) is 10.2. The maximum Gasteiger partial charge on any atom is 0.237 e. The van der Waals surface area contributed by atoms with Gasteiger partial charge in [-0.15, -0.1) is 0 Å². The van der Waals surface area contributed by atoms with Crippen LogP contribution in [0.3, 0.4) is 0 Å². The summed E-state index contributed by atoms with van der Waals surface area (Å²) in [5.41, 5.74) is 5.65. The van der Waals surface area contributed by atoms with Crippen molar-refractivity contribution in [3.63, 3.8) is 0 Å². The average molecular weight is 184 g/mol. The van der Waals surface area contributed by atoms with Crippen LogP contribution in [-0.2, 0) is 4.79 Å². The molecule has 0 spiro atoms. The molecule has 1 amide bonds. The van der Waals surface area contributed by atoms with Crippen molar-refractivity contribution >= 4 is 5.91 Å². The van der Waals surface area contributed by atoms with Crippen molar-refractivity contribution in [1.29, 1.82) is 0 Å². The standard InChI is InChI=1S/C10H20N2O/c1-6-5-7(6)12-9(13)8(11)10(2,3)4/h6-8H,5,11H2,1-4H3,(H,12,13)/t6?,7?,8-/m0/s1. The van der Waals surface area contributed by atoms with Crippen molar-refractivity contribution in [2.75, 3.05) is 0 Å². The van der Waals surface area contributed by atoms with Crippen LogP contribution in [0.4, 0.5) is 0 Å². The molecule has 1 saturated carbocycles. The van der Waals surface area contributed by atoms with E-state index in [4.69, 9.17) is 5.73 Å². The number of carbonyl (C=O) groups is 1. The van der Waals surface area contributed by atoms with Crippen molar-refractivity contribution in [3.8, 4) is 0 Å². The molecular formula is C10H20N2O. The Hall–Kier alpha value is -0.570. The fraction of sp³-hybridized carbons (Fsp3) is 0.900. The number of nitrogens with two attached hydrogens (primary N) is 1. The summed E-state index contributed by atoms with van der Waals surface area (Å²) in [6, 6.07) is -0.0267. The molecule has 0 aliphatic heterocycles. The highest BCUT2D eigenvalue weighted by Gasteiger charge is 2.37. The van der Waals surface area contributed by atoms with Gasteiger partial charge in [-0.25, -0.2) is 0 Å². The fourth-order valence-corrected chi connectivity index (χ4v) is 1.19. The summed E-state index contributed by atoms with van der Waals surface area (Å²) >= 11 is 0. The number of amides is 1. The molecular weight excluding hydrogens is 164 g/mol. The first-order valence-corrected chi connectivity index (χ1v) is 4.88. The van der Waals surface area contributed by atoms with Gasteiger partial charge in [-0.2, -0.15) is 0 Å². The Kier molecular flexibility index (Phi) is 2.66. The lowest BCUT2D eigenvalue weighted by Gasteiger charge is -2.25. The molecule has 1 aliphatic rings. The molecule has 0 aromatic heterocycles. The minimum atomic E-state index is -0.403. The third kappa shape index (κ3) is 2.69. The Morgan fingerprint density at radius 2 is 2.00 bits per heavy atom. The van der Waals surface area contributed by atoms with Crippen LogP contribution < -0.4 is 11.1 Å². The molecule has 0 aromatic carbocycles. The van der Waals surface area contributed by atoms with E-state index in [1.165, 1.54) is 0 Å². The van der Waals surface area contributed by atoms with Gasteiger partial charge in [-0.3, -0.25) is 4.79 Å². The number of hydrogen-bond donors (Lipinski definition) is 2. The third-order valence-corrected chi connectivity index (χ3v) is 2.65. The lowest BCUT2D eigenvalue weighted by atomic mass is 9.87. The highest BCUT2D eigenvalue weighted by atomic mass is 16.2. The molecule has 0 aromatic rings. The third-order valence-electron chi connectivity index (χ3n) is 2.65. The first kappa shape index (κ1) is 10.5. The van der Waals surface area contributed by atoms with E-state index in [1.54, 1.807) is 0 Å². The summed E-state index contributed by atoms with van der Waals surface area (Å²) in [5.74, 6) is 0.623. The van der Waals surface area contributed by atoms with Crippen LogP contribution in [-0.4, -0.2) is 18.0 Å². The van der Waals surface area contributed by atoms with Crippen molar-refractivity contribution in [1.82, 2.24) is 5.32 Å². The van der Waals surface area contributed by atoms with Crippen LogP contribution in [0.25, 0.3) is 0 Å². The maximum absolute atomic E-state index is 11.5. The highest BCUT2D eigenvalue weighted by molar-refractivity contribution is 5.82. The quantitative estimate of drug-likeness (QED) is 0.669. The van der Waals surface area contributed by atoms with E-state index in [1.807, 2.05) is 20.8 Å². The molecule has 76 valence electrons. The van der Waals surface area contributed by atoms with Crippen LogP contribution in [0.15, 0.2) is 0 Å². The van der Waals surface area contributed by atoms with Gasteiger partial charge in [-0.1, -0.05) is 27.7 Å². The number of rotatable bonds is 2. The van der Waals surface area contributed by atoms with Gasteiger partial charge in [0.25, 0.3) is 0 Å². The fourth-order valence-electron chi connectivity index (χ4n) is 1.19. The Morgan fingerprint density at radius 1 is 1.54 bits per heavy atom. The van der Waals surface area contributed by atoms with Gasteiger partial charge in [0.1, 0.15) is 0 Å². The summed E-state index contributed by atoms with van der Waals surface area (Å²) in [4.78, 5) is 11.5. The molecule has 1 aliphatic carbocycles. The van der Waals surface area contributed by atoms with Crippen LogP contribution in [0, 0.1) is 11.3 Å². The predicted molar refractivity (Wildman–Crippen MR) is 53.1 cm³/mol. The SMILES string of the molecule is CC1CC1NC(=O)[C@H](N)C(C)(C)C. The molecule has 3 N–H and O–H groups in total. The molecule has 2 unspecified atom stereocenters. The average Bonchev–Trinajstić information content (AvgIpc) is 2.63.